The lowest BCUT2D eigenvalue weighted by molar-refractivity contribution is 0.0475. The molecule has 0 amide bonds. The maximum atomic E-state index is 12.5. The molecule has 0 aromatic heterocycles. The van der Waals surface area contributed by atoms with E-state index in [1.807, 2.05) is 14.1 Å². The molecule has 2 aromatic rings. The highest BCUT2D eigenvalue weighted by Gasteiger charge is 2.19. The van der Waals surface area contributed by atoms with E-state index in [4.69, 9.17) is 37.9 Å². The predicted octanol–water partition coefficient (Wildman–Crippen LogP) is 3.82. The zero-order chi connectivity index (χ0) is 31.1. The standard InChI is InChI=1S/C30H44N2O10.ClH/c1-31(11-9-15-41-29(33)21-17-23(35-3)27(39-7)24(18-21)36-4)13-14-32(2)12-10-16-42-30(34)22-19-25(37-5)28(40-8)26(20-22)38-6;/h17-20H,9-16H2,1-8H3;1H. The lowest BCUT2D eigenvalue weighted by atomic mass is 10.2. The summed E-state index contributed by atoms with van der Waals surface area (Å²) < 4.78 is 42.7. The summed E-state index contributed by atoms with van der Waals surface area (Å²) in [5, 5.41) is 0. The van der Waals surface area contributed by atoms with Gasteiger partial charge in [0, 0.05) is 26.2 Å². The van der Waals surface area contributed by atoms with Gasteiger partial charge in [-0.15, -0.1) is 12.4 Å². The molecule has 43 heavy (non-hydrogen) atoms. The number of esters is 2. The summed E-state index contributed by atoms with van der Waals surface area (Å²) in [5.74, 6) is 1.49. The third kappa shape index (κ3) is 11.2. The van der Waals surface area contributed by atoms with Gasteiger partial charge in [-0.2, -0.15) is 0 Å². The molecule has 12 nitrogen and oxygen atoms in total. The van der Waals surface area contributed by atoms with E-state index in [1.54, 1.807) is 24.3 Å². The highest BCUT2D eigenvalue weighted by molar-refractivity contribution is 5.91. The Kier molecular flexibility index (Phi) is 17.0. The predicted molar refractivity (Wildman–Crippen MR) is 164 cm³/mol. The van der Waals surface area contributed by atoms with E-state index in [0.29, 0.717) is 58.5 Å². The molecule has 0 aliphatic heterocycles. The lowest BCUT2D eigenvalue weighted by Gasteiger charge is -2.22. The van der Waals surface area contributed by atoms with Crippen LogP contribution in [-0.4, -0.2) is 118 Å². The number of ether oxygens (including phenoxy) is 8. The van der Waals surface area contributed by atoms with Crippen molar-refractivity contribution in [1.29, 1.82) is 0 Å². The minimum absolute atomic E-state index is 0. The second-order valence-corrected chi connectivity index (χ2v) is 9.41. The summed E-state index contributed by atoms with van der Waals surface area (Å²) >= 11 is 0. The molecule has 0 N–H and O–H groups in total. The topological polar surface area (TPSA) is 114 Å². The third-order valence-corrected chi connectivity index (χ3v) is 6.50. The Morgan fingerprint density at radius 2 is 0.837 bits per heavy atom. The van der Waals surface area contributed by atoms with Gasteiger partial charge >= 0.3 is 11.9 Å². The number of hydrogen-bond acceptors (Lipinski definition) is 12. The summed E-state index contributed by atoms with van der Waals surface area (Å²) in [5.41, 5.74) is 0.655. The van der Waals surface area contributed by atoms with Crippen LogP contribution in [0.2, 0.25) is 0 Å². The Balaban J connectivity index is 0.00000924. The highest BCUT2D eigenvalue weighted by Crippen LogP contribution is 2.39. The largest absolute Gasteiger partial charge is 0.493 e. The molecule has 0 bridgehead atoms. The molecule has 13 heteroatoms. The van der Waals surface area contributed by atoms with E-state index in [9.17, 15) is 9.59 Å². The first-order valence-electron chi connectivity index (χ1n) is 13.5. The van der Waals surface area contributed by atoms with Gasteiger partial charge in [0.2, 0.25) is 11.5 Å². The molecule has 0 aliphatic carbocycles. The Morgan fingerprint density at radius 3 is 1.09 bits per heavy atom. The van der Waals surface area contributed by atoms with Crippen LogP contribution in [0.3, 0.4) is 0 Å². The number of carbonyl (C=O) groups is 2. The fraction of sp³-hybridized carbons (Fsp3) is 0.533. The van der Waals surface area contributed by atoms with E-state index in [0.717, 1.165) is 26.2 Å². The number of likely N-dealkylation sites (N-methyl/N-ethyl adjacent to an activating group) is 2. The molecule has 0 fully saturated rings. The van der Waals surface area contributed by atoms with E-state index in [1.165, 1.54) is 42.7 Å². The van der Waals surface area contributed by atoms with Crippen molar-refractivity contribution in [2.75, 3.05) is 96.1 Å². The molecule has 242 valence electrons. The maximum absolute atomic E-state index is 12.5. The smallest absolute Gasteiger partial charge is 0.338 e. The molecule has 0 spiro atoms. The molecule has 0 aliphatic rings. The van der Waals surface area contributed by atoms with E-state index < -0.39 is 11.9 Å². The SMILES string of the molecule is COc1cc(C(=O)OCCCN(C)CCN(C)CCCOC(=O)c2cc(OC)c(OC)c(OC)c2)cc(OC)c1OC.Cl. The number of hydrogen-bond donors (Lipinski definition) is 0. The van der Waals surface area contributed by atoms with Crippen molar-refractivity contribution >= 4 is 24.3 Å². The van der Waals surface area contributed by atoms with Crippen LogP contribution in [-0.2, 0) is 9.47 Å². The van der Waals surface area contributed by atoms with Crippen molar-refractivity contribution in [2.24, 2.45) is 0 Å². The number of halogens is 1. The van der Waals surface area contributed by atoms with Gasteiger partial charge < -0.3 is 47.7 Å². The van der Waals surface area contributed by atoms with Gasteiger partial charge in [0.25, 0.3) is 0 Å². The van der Waals surface area contributed by atoms with Crippen LogP contribution in [0.1, 0.15) is 33.6 Å². The van der Waals surface area contributed by atoms with Crippen LogP contribution < -0.4 is 28.4 Å². The molecular weight excluding hydrogens is 584 g/mol. The molecular formula is C30H45ClN2O10. The van der Waals surface area contributed by atoms with Crippen molar-refractivity contribution in [3.05, 3.63) is 35.4 Å². The first-order valence-corrected chi connectivity index (χ1v) is 13.5. The van der Waals surface area contributed by atoms with Gasteiger partial charge in [-0.05, 0) is 51.2 Å². The number of carbonyl (C=O) groups excluding carboxylic acids is 2. The average molecular weight is 629 g/mol. The maximum Gasteiger partial charge on any atom is 0.338 e. The zero-order valence-electron chi connectivity index (χ0n) is 26.4. The summed E-state index contributed by atoms with van der Waals surface area (Å²) in [6, 6.07) is 6.28. The second kappa shape index (κ2) is 19.6. The summed E-state index contributed by atoms with van der Waals surface area (Å²) in [7, 11) is 13.0. The summed E-state index contributed by atoms with van der Waals surface area (Å²) in [6.45, 7) is 3.77. The fourth-order valence-electron chi connectivity index (χ4n) is 4.13. The van der Waals surface area contributed by atoms with E-state index in [-0.39, 0.29) is 25.6 Å². The fourth-order valence-corrected chi connectivity index (χ4v) is 4.13. The monoisotopic (exact) mass is 628 g/mol. The van der Waals surface area contributed by atoms with Crippen LogP contribution >= 0.6 is 12.4 Å². The van der Waals surface area contributed by atoms with Crippen LogP contribution in [0.4, 0.5) is 0 Å². The molecule has 0 saturated heterocycles. The molecule has 0 saturated carbocycles. The van der Waals surface area contributed by atoms with Gasteiger partial charge in [0.05, 0.1) is 67.0 Å². The minimum atomic E-state index is -0.456. The highest BCUT2D eigenvalue weighted by atomic mass is 35.5. The van der Waals surface area contributed by atoms with Crippen molar-refractivity contribution < 1.29 is 47.5 Å². The van der Waals surface area contributed by atoms with Gasteiger partial charge in [-0.3, -0.25) is 0 Å². The Morgan fingerprint density at radius 1 is 0.535 bits per heavy atom. The van der Waals surface area contributed by atoms with Crippen molar-refractivity contribution in [2.45, 2.75) is 12.8 Å². The van der Waals surface area contributed by atoms with Gasteiger partial charge in [0.1, 0.15) is 0 Å². The number of methoxy groups -OCH3 is 6. The van der Waals surface area contributed by atoms with Crippen LogP contribution in [0.5, 0.6) is 34.5 Å². The van der Waals surface area contributed by atoms with Crippen molar-refractivity contribution in [1.82, 2.24) is 9.80 Å². The number of benzene rings is 2. The van der Waals surface area contributed by atoms with Gasteiger partial charge in [-0.25, -0.2) is 9.59 Å². The number of nitrogens with zero attached hydrogens (tertiary/aromatic N) is 2. The van der Waals surface area contributed by atoms with Crippen molar-refractivity contribution in [3.63, 3.8) is 0 Å². The molecule has 0 unspecified atom stereocenters. The molecule has 0 radical (unpaired) electrons. The number of rotatable bonds is 19. The quantitative estimate of drug-likeness (QED) is 0.166. The Bertz CT molecular complexity index is 1020. The molecule has 0 atom stereocenters. The Labute approximate surface area is 260 Å². The van der Waals surface area contributed by atoms with Crippen LogP contribution in [0.15, 0.2) is 24.3 Å². The molecule has 0 heterocycles. The van der Waals surface area contributed by atoms with Gasteiger partial charge in [-0.1, -0.05) is 0 Å². The summed E-state index contributed by atoms with van der Waals surface area (Å²) in [6.07, 6.45) is 1.38. The van der Waals surface area contributed by atoms with E-state index >= 15 is 0 Å². The third-order valence-electron chi connectivity index (χ3n) is 6.50. The second-order valence-electron chi connectivity index (χ2n) is 9.41. The molecule has 2 aromatic carbocycles. The Hall–Kier alpha value is -3.61. The van der Waals surface area contributed by atoms with Crippen LogP contribution in [0, 0.1) is 0 Å². The van der Waals surface area contributed by atoms with Crippen LogP contribution in [0.25, 0.3) is 0 Å². The van der Waals surface area contributed by atoms with Crippen molar-refractivity contribution in [3.8, 4) is 34.5 Å². The normalized spacial score (nSPS) is 10.6. The summed E-state index contributed by atoms with van der Waals surface area (Å²) in [4.78, 5) is 29.4. The van der Waals surface area contributed by atoms with E-state index in [2.05, 4.69) is 9.80 Å². The molecule has 2 rings (SSSR count). The first kappa shape index (κ1) is 37.4. The minimum Gasteiger partial charge on any atom is -0.493 e. The lowest BCUT2D eigenvalue weighted by Crippen LogP contribution is -2.32. The van der Waals surface area contributed by atoms with Gasteiger partial charge in [0.15, 0.2) is 23.0 Å². The first-order chi connectivity index (χ1) is 20.2. The average Bonchev–Trinajstić information content (AvgIpc) is 3.01. The zero-order valence-corrected chi connectivity index (χ0v) is 27.2.